The molecular formula is C12H12F6N2. The van der Waals surface area contributed by atoms with Crippen LogP contribution in [0.1, 0.15) is 42.6 Å². The summed E-state index contributed by atoms with van der Waals surface area (Å²) >= 11 is 0. The van der Waals surface area contributed by atoms with E-state index in [0.29, 0.717) is 0 Å². The summed E-state index contributed by atoms with van der Waals surface area (Å²) in [4.78, 5) is 0. The summed E-state index contributed by atoms with van der Waals surface area (Å²) in [6.45, 7) is 1.48. The summed E-state index contributed by atoms with van der Waals surface area (Å²) in [6, 6.07) is 0. The fourth-order valence-electron chi connectivity index (χ4n) is 2.07. The van der Waals surface area contributed by atoms with Crippen LogP contribution < -0.4 is 0 Å². The normalized spacial score (nSPS) is 14.2. The Morgan fingerprint density at radius 1 is 1.20 bits per heavy atom. The molecule has 0 saturated heterocycles. The third-order valence-corrected chi connectivity index (χ3v) is 2.89. The maximum absolute atomic E-state index is 13.0. The van der Waals surface area contributed by atoms with E-state index in [1.165, 1.54) is 6.92 Å². The van der Waals surface area contributed by atoms with Crippen molar-refractivity contribution in [2.75, 3.05) is 0 Å². The van der Waals surface area contributed by atoms with Crippen molar-refractivity contribution in [3.63, 3.8) is 0 Å². The van der Waals surface area contributed by atoms with Gasteiger partial charge < -0.3 is 0 Å². The average molecular weight is 298 g/mol. The smallest absolute Gasteiger partial charge is 0.263 e. The maximum Gasteiger partial charge on any atom is 0.435 e. The third kappa shape index (κ3) is 3.08. The molecule has 1 heterocycles. The first-order chi connectivity index (χ1) is 9.04. The summed E-state index contributed by atoms with van der Waals surface area (Å²) < 4.78 is 77.7. The van der Waals surface area contributed by atoms with Crippen LogP contribution in [0, 0.1) is 12.3 Å². The second-order valence-electron chi connectivity index (χ2n) is 4.24. The summed E-state index contributed by atoms with van der Waals surface area (Å²) in [7, 11) is 0.837. The van der Waals surface area contributed by atoms with Crippen LogP contribution in [0.3, 0.4) is 0 Å². The molecule has 1 aromatic heterocycles. The van der Waals surface area contributed by atoms with Gasteiger partial charge in [-0.1, -0.05) is 6.92 Å². The first-order valence-electron chi connectivity index (χ1n) is 5.68. The monoisotopic (exact) mass is 298 g/mol. The van der Waals surface area contributed by atoms with Gasteiger partial charge in [0.15, 0.2) is 5.69 Å². The molecule has 112 valence electrons. The summed E-state index contributed by atoms with van der Waals surface area (Å²) in [5.41, 5.74) is -3.78. The molecule has 0 amide bonds. The minimum Gasteiger partial charge on any atom is -0.263 e. The Kier molecular flexibility index (Phi) is 4.42. The number of hydrogen-bond donors (Lipinski definition) is 0. The van der Waals surface area contributed by atoms with Crippen molar-refractivity contribution in [1.82, 2.24) is 9.78 Å². The van der Waals surface area contributed by atoms with Crippen molar-refractivity contribution < 1.29 is 26.3 Å². The van der Waals surface area contributed by atoms with Crippen LogP contribution in [0.15, 0.2) is 0 Å². The Morgan fingerprint density at radius 3 is 2.10 bits per heavy atom. The largest absolute Gasteiger partial charge is 0.435 e. The summed E-state index contributed by atoms with van der Waals surface area (Å²) in [5, 5.41) is 3.00. The van der Waals surface area contributed by atoms with Crippen molar-refractivity contribution in [3.05, 3.63) is 17.0 Å². The van der Waals surface area contributed by atoms with Gasteiger partial charge in [-0.05, 0) is 12.3 Å². The second kappa shape index (κ2) is 5.38. The Morgan fingerprint density at radius 2 is 1.75 bits per heavy atom. The van der Waals surface area contributed by atoms with E-state index in [1.54, 1.807) is 0 Å². The van der Waals surface area contributed by atoms with E-state index in [4.69, 9.17) is 6.42 Å². The van der Waals surface area contributed by atoms with Crippen molar-refractivity contribution in [3.8, 4) is 12.3 Å². The molecule has 0 bridgehead atoms. The minimum absolute atomic E-state index is 0.0576. The Hall–Kier alpha value is -1.65. The molecule has 1 aromatic rings. The molecule has 0 saturated carbocycles. The van der Waals surface area contributed by atoms with Crippen LogP contribution in [0.5, 0.6) is 0 Å². The van der Waals surface area contributed by atoms with E-state index >= 15 is 0 Å². The SMILES string of the molecule is C#CCC(CC)c1c(C(F)(F)F)nn(C)c1C(F)(F)F. The van der Waals surface area contributed by atoms with Crippen LogP contribution in [-0.4, -0.2) is 9.78 Å². The summed E-state index contributed by atoms with van der Waals surface area (Å²) in [6.07, 6.45) is -5.02. The number of alkyl halides is 6. The maximum atomic E-state index is 13.0. The molecule has 1 rings (SSSR count). The Balaban J connectivity index is 3.62. The molecule has 0 radical (unpaired) electrons. The fourth-order valence-corrected chi connectivity index (χ4v) is 2.07. The van der Waals surface area contributed by atoms with Gasteiger partial charge in [0.1, 0.15) is 5.69 Å². The molecular weight excluding hydrogens is 286 g/mol. The highest BCUT2D eigenvalue weighted by molar-refractivity contribution is 5.35. The average Bonchev–Trinajstić information content (AvgIpc) is 2.62. The van der Waals surface area contributed by atoms with Crippen molar-refractivity contribution in [2.45, 2.75) is 38.0 Å². The number of halogens is 6. The van der Waals surface area contributed by atoms with Gasteiger partial charge in [-0.15, -0.1) is 12.3 Å². The van der Waals surface area contributed by atoms with Gasteiger partial charge in [0.25, 0.3) is 0 Å². The van der Waals surface area contributed by atoms with Crippen molar-refractivity contribution in [1.29, 1.82) is 0 Å². The molecule has 1 atom stereocenters. The topological polar surface area (TPSA) is 17.8 Å². The molecule has 0 aliphatic rings. The molecule has 8 heteroatoms. The van der Waals surface area contributed by atoms with Gasteiger partial charge in [-0.25, -0.2) is 0 Å². The summed E-state index contributed by atoms with van der Waals surface area (Å²) in [5.74, 6) is 1.07. The van der Waals surface area contributed by atoms with Gasteiger partial charge in [0.2, 0.25) is 0 Å². The molecule has 2 nitrogen and oxygen atoms in total. The predicted molar refractivity (Wildman–Crippen MR) is 59.7 cm³/mol. The lowest BCUT2D eigenvalue weighted by Gasteiger charge is -2.17. The molecule has 0 N–H and O–H groups in total. The zero-order valence-corrected chi connectivity index (χ0v) is 10.7. The van der Waals surface area contributed by atoms with Gasteiger partial charge in [0, 0.05) is 19.0 Å². The van der Waals surface area contributed by atoms with Crippen LogP contribution >= 0.6 is 0 Å². The van der Waals surface area contributed by atoms with E-state index in [1.807, 2.05) is 0 Å². The van der Waals surface area contributed by atoms with Gasteiger partial charge in [-0.3, -0.25) is 4.68 Å². The quantitative estimate of drug-likeness (QED) is 0.610. The first kappa shape index (κ1) is 16.4. The molecule has 20 heavy (non-hydrogen) atoms. The minimum atomic E-state index is -4.96. The lowest BCUT2D eigenvalue weighted by Crippen LogP contribution is -2.17. The number of aryl methyl sites for hydroxylation is 1. The van der Waals surface area contributed by atoms with Gasteiger partial charge in [-0.2, -0.15) is 31.4 Å². The molecule has 0 spiro atoms. The number of terminal acetylenes is 1. The number of rotatable bonds is 3. The van der Waals surface area contributed by atoms with E-state index in [-0.39, 0.29) is 17.5 Å². The first-order valence-corrected chi connectivity index (χ1v) is 5.68. The highest BCUT2D eigenvalue weighted by atomic mass is 19.4. The van der Waals surface area contributed by atoms with Gasteiger partial charge >= 0.3 is 12.4 Å². The van der Waals surface area contributed by atoms with Crippen LogP contribution in [0.25, 0.3) is 0 Å². The zero-order chi connectivity index (χ0) is 15.7. The Bertz CT molecular complexity index is 518. The van der Waals surface area contributed by atoms with Crippen molar-refractivity contribution in [2.24, 2.45) is 7.05 Å². The number of hydrogen-bond acceptors (Lipinski definition) is 1. The molecule has 0 aromatic carbocycles. The standard InChI is InChI=1S/C12H12F6N2/c1-4-6-7(5-2)8-9(11(13,14)15)19-20(3)10(8)12(16,17)18/h1,7H,5-6H2,2-3H3. The lowest BCUT2D eigenvalue weighted by atomic mass is 9.91. The van der Waals surface area contributed by atoms with Gasteiger partial charge in [0.05, 0.1) is 0 Å². The third-order valence-electron chi connectivity index (χ3n) is 2.89. The highest BCUT2D eigenvalue weighted by Crippen LogP contribution is 2.43. The van der Waals surface area contributed by atoms with E-state index in [0.717, 1.165) is 7.05 Å². The van der Waals surface area contributed by atoms with E-state index in [9.17, 15) is 26.3 Å². The molecule has 0 aliphatic carbocycles. The highest BCUT2D eigenvalue weighted by Gasteiger charge is 2.47. The molecule has 1 unspecified atom stereocenters. The second-order valence-corrected chi connectivity index (χ2v) is 4.24. The van der Waals surface area contributed by atoms with Crippen LogP contribution in [0.4, 0.5) is 26.3 Å². The lowest BCUT2D eigenvalue weighted by molar-refractivity contribution is -0.145. The number of aromatic nitrogens is 2. The van der Waals surface area contributed by atoms with Crippen LogP contribution in [0.2, 0.25) is 0 Å². The van der Waals surface area contributed by atoms with Crippen molar-refractivity contribution >= 4 is 0 Å². The van der Waals surface area contributed by atoms with E-state index in [2.05, 4.69) is 11.0 Å². The van der Waals surface area contributed by atoms with E-state index < -0.39 is 35.2 Å². The number of nitrogens with zero attached hydrogens (tertiary/aromatic N) is 2. The predicted octanol–water partition coefficient (Wildman–Crippen LogP) is 3.97. The Labute approximate surface area is 111 Å². The molecule has 0 fully saturated rings. The zero-order valence-electron chi connectivity index (χ0n) is 10.7. The molecule has 0 aliphatic heterocycles. The van der Waals surface area contributed by atoms with Crippen LogP contribution in [-0.2, 0) is 19.4 Å². The fraction of sp³-hybridized carbons (Fsp3) is 0.583.